The van der Waals surface area contributed by atoms with Gasteiger partial charge in [-0.15, -0.1) is 0 Å². The second kappa shape index (κ2) is 17.1. The fourth-order valence-corrected chi connectivity index (χ4v) is 4.30. The molecule has 0 spiro atoms. The summed E-state index contributed by atoms with van der Waals surface area (Å²) < 4.78 is 2.04. The second-order valence-corrected chi connectivity index (χ2v) is 10.7. The van der Waals surface area contributed by atoms with E-state index in [1.54, 1.807) is 12.4 Å². The maximum absolute atomic E-state index is 4.52. The summed E-state index contributed by atoms with van der Waals surface area (Å²) in [7, 11) is 2.01. The normalized spacial score (nSPS) is 12.3. The molecular weight excluding hydrogens is 504 g/mol. The van der Waals surface area contributed by atoms with Crippen LogP contribution in [0.2, 0.25) is 0 Å². The highest BCUT2D eigenvalue weighted by molar-refractivity contribution is 5.76. The van der Waals surface area contributed by atoms with Gasteiger partial charge in [0, 0.05) is 30.4 Å². The summed E-state index contributed by atoms with van der Waals surface area (Å²) in [6.07, 6.45) is 11.5. The van der Waals surface area contributed by atoms with Gasteiger partial charge in [-0.05, 0) is 74.1 Å². The molecule has 2 heterocycles. The number of rotatable bonds is 8. The van der Waals surface area contributed by atoms with Gasteiger partial charge in [-0.25, -0.2) is 19.9 Å². The molecule has 0 saturated heterocycles. The van der Waals surface area contributed by atoms with E-state index in [0.717, 1.165) is 34.3 Å². The summed E-state index contributed by atoms with van der Waals surface area (Å²) in [6.45, 7) is 21.0. The Morgan fingerprint density at radius 2 is 1.80 bits per heavy atom. The van der Waals surface area contributed by atoms with Gasteiger partial charge in [0.2, 0.25) is 0 Å². The van der Waals surface area contributed by atoms with Crippen molar-refractivity contribution in [3.63, 3.8) is 0 Å². The molecule has 0 bridgehead atoms. The van der Waals surface area contributed by atoms with Crippen LogP contribution >= 0.6 is 0 Å². The zero-order valence-electron chi connectivity index (χ0n) is 26.8. The van der Waals surface area contributed by atoms with Crippen LogP contribution in [-0.4, -0.2) is 25.7 Å². The van der Waals surface area contributed by atoms with Crippen molar-refractivity contribution < 1.29 is 0 Å². The van der Waals surface area contributed by atoms with Crippen molar-refractivity contribution in [3.05, 3.63) is 82.0 Å². The predicted molar refractivity (Wildman–Crippen MR) is 178 cm³/mol. The van der Waals surface area contributed by atoms with Gasteiger partial charge in [-0.1, -0.05) is 79.0 Å². The van der Waals surface area contributed by atoms with Crippen LogP contribution in [0.15, 0.2) is 53.9 Å². The van der Waals surface area contributed by atoms with E-state index in [-0.39, 0.29) is 0 Å². The number of nitrogens with zero attached hydrogens (tertiary/aromatic N) is 5. The topological polar surface area (TPSA) is 68.0 Å². The molecule has 1 N–H and O–H groups in total. The van der Waals surface area contributed by atoms with Crippen LogP contribution < -0.4 is 15.9 Å². The molecule has 0 saturated carbocycles. The average Bonchev–Trinajstić information content (AvgIpc) is 3.32. The standard InChI is InChI=1S/C25H26N6.C7H16.C3H8/c1-6-26-25(24-17(3)14-27-18(4)29-24)30-21-9-8-20(16(2)11-21)12-19-7-10-23-22(13-19)28-15-31(23)5;1-4-6-7(3)5-2;1-3-2/h6-11,13-15,30H,3,12H2,1-2,4-5H3;7H,4-6H2,1-3H3;3H2,1-2H3/b25-24-,26-6-;;. The lowest BCUT2D eigenvalue weighted by Gasteiger charge is -2.11. The molecule has 0 aliphatic heterocycles. The number of hydrogen-bond acceptors (Lipinski definition) is 5. The largest absolute Gasteiger partial charge is 0.338 e. The van der Waals surface area contributed by atoms with Gasteiger partial charge in [0.25, 0.3) is 0 Å². The number of aliphatic imine (C=N–C) groups is 1. The number of fused-ring (bicyclic) bond motifs is 1. The van der Waals surface area contributed by atoms with Crippen LogP contribution in [-0.2, 0) is 13.5 Å². The number of aromatic nitrogens is 4. The molecule has 41 heavy (non-hydrogen) atoms. The third-order valence-corrected chi connectivity index (χ3v) is 6.74. The molecule has 0 radical (unpaired) electrons. The molecule has 0 fully saturated rings. The zero-order chi connectivity index (χ0) is 30.4. The summed E-state index contributed by atoms with van der Waals surface area (Å²) in [5.74, 6) is 2.29. The number of benzene rings is 2. The van der Waals surface area contributed by atoms with E-state index in [4.69, 9.17) is 0 Å². The van der Waals surface area contributed by atoms with E-state index in [0.29, 0.717) is 17.0 Å². The first-order valence-corrected chi connectivity index (χ1v) is 14.9. The first-order chi connectivity index (χ1) is 19.7. The van der Waals surface area contributed by atoms with Crippen molar-refractivity contribution in [3.8, 4) is 0 Å². The highest BCUT2D eigenvalue weighted by Gasteiger charge is 2.07. The Bertz CT molecular complexity index is 1520. The van der Waals surface area contributed by atoms with E-state index < -0.39 is 0 Å². The molecular formula is C35H50N6. The first kappa shape index (κ1) is 33.4. The Hall–Kier alpha value is -3.80. The lowest BCUT2D eigenvalue weighted by atomic mass is 9.99. The first-order valence-electron chi connectivity index (χ1n) is 14.9. The van der Waals surface area contributed by atoms with Gasteiger partial charge in [-0.3, -0.25) is 0 Å². The minimum atomic E-state index is 0.658. The Morgan fingerprint density at radius 3 is 2.41 bits per heavy atom. The molecule has 0 aliphatic rings. The van der Waals surface area contributed by atoms with Crippen LogP contribution in [0.3, 0.4) is 0 Å². The van der Waals surface area contributed by atoms with Crippen LogP contribution in [0.1, 0.15) is 89.7 Å². The number of hydrogen-bond donors (Lipinski definition) is 1. The van der Waals surface area contributed by atoms with Crippen molar-refractivity contribution in [1.82, 2.24) is 19.5 Å². The number of nitrogens with one attached hydrogen (secondary N) is 1. The number of aryl methyl sites for hydroxylation is 3. The monoisotopic (exact) mass is 554 g/mol. The van der Waals surface area contributed by atoms with E-state index >= 15 is 0 Å². The molecule has 0 amide bonds. The average molecular weight is 555 g/mol. The summed E-state index contributed by atoms with van der Waals surface area (Å²) >= 11 is 0. The molecule has 2 aromatic carbocycles. The fourth-order valence-electron chi connectivity index (χ4n) is 4.30. The van der Waals surface area contributed by atoms with Gasteiger partial charge in [0.05, 0.1) is 17.4 Å². The second-order valence-electron chi connectivity index (χ2n) is 10.7. The Labute approximate surface area is 247 Å². The third kappa shape index (κ3) is 10.3. The van der Waals surface area contributed by atoms with Crippen LogP contribution in [0.5, 0.6) is 0 Å². The SMILES string of the molecule is C=c1cnc(C)n/c1=C(/N=C\C)Nc1ccc(Cc2ccc3c(c2)ncn3C)c(C)c1.CCC.CCCC(C)CC. The van der Waals surface area contributed by atoms with E-state index in [2.05, 4.69) is 110 Å². The third-order valence-electron chi connectivity index (χ3n) is 6.74. The minimum Gasteiger partial charge on any atom is -0.338 e. The lowest BCUT2D eigenvalue weighted by Crippen LogP contribution is -2.32. The van der Waals surface area contributed by atoms with E-state index in [1.807, 2.05) is 31.8 Å². The quantitative estimate of drug-likeness (QED) is 0.229. The Balaban J connectivity index is 0.000000508. The number of imidazole rings is 1. The highest BCUT2D eigenvalue weighted by atomic mass is 15.0. The molecule has 2 aromatic heterocycles. The molecule has 0 aliphatic carbocycles. The summed E-state index contributed by atoms with van der Waals surface area (Å²) in [4.78, 5) is 17.7. The maximum atomic E-state index is 4.52. The molecule has 1 unspecified atom stereocenters. The fraction of sp³-hybridized carbons (Fsp3) is 0.429. The van der Waals surface area contributed by atoms with Crippen molar-refractivity contribution in [2.24, 2.45) is 18.0 Å². The summed E-state index contributed by atoms with van der Waals surface area (Å²) in [6, 6.07) is 12.8. The van der Waals surface area contributed by atoms with E-state index in [1.165, 1.54) is 42.4 Å². The van der Waals surface area contributed by atoms with Gasteiger partial charge in [0.1, 0.15) is 11.2 Å². The van der Waals surface area contributed by atoms with Crippen molar-refractivity contribution >= 4 is 35.3 Å². The Kier molecular flexibility index (Phi) is 13.9. The van der Waals surface area contributed by atoms with Crippen LogP contribution in [0.25, 0.3) is 23.4 Å². The van der Waals surface area contributed by atoms with Crippen molar-refractivity contribution in [1.29, 1.82) is 0 Å². The van der Waals surface area contributed by atoms with Gasteiger partial charge >= 0.3 is 0 Å². The highest BCUT2D eigenvalue weighted by Crippen LogP contribution is 2.22. The number of anilines is 1. The van der Waals surface area contributed by atoms with Gasteiger partial charge < -0.3 is 9.88 Å². The molecule has 4 aromatic rings. The summed E-state index contributed by atoms with van der Waals surface area (Å²) in [5.41, 5.74) is 6.85. The molecule has 6 heteroatoms. The van der Waals surface area contributed by atoms with Crippen LogP contribution in [0.4, 0.5) is 5.69 Å². The lowest BCUT2D eigenvalue weighted by molar-refractivity contribution is 0.509. The zero-order valence-corrected chi connectivity index (χ0v) is 26.8. The predicted octanol–water partition coefficient (Wildman–Crippen LogP) is 7.50. The Morgan fingerprint density at radius 1 is 1.07 bits per heavy atom. The van der Waals surface area contributed by atoms with E-state index in [9.17, 15) is 0 Å². The minimum absolute atomic E-state index is 0.658. The molecule has 4 rings (SSSR count). The van der Waals surface area contributed by atoms with Crippen molar-refractivity contribution in [2.45, 2.75) is 87.5 Å². The molecule has 6 nitrogen and oxygen atoms in total. The molecule has 220 valence electrons. The van der Waals surface area contributed by atoms with Crippen molar-refractivity contribution in [2.75, 3.05) is 5.32 Å². The maximum Gasteiger partial charge on any atom is 0.156 e. The molecule has 1 atom stereocenters. The summed E-state index contributed by atoms with van der Waals surface area (Å²) in [5, 5.41) is 4.84. The van der Waals surface area contributed by atoms with Gasteiger partial charge in [0.15, 0.2) is 5.82 Å². The van der Waals surface area contributed by atoms with Gasteiger partial charge in [-0.2, -0.15) is 0 Å². The van der Waals surface area contributed by atoms with Crippen LogP contribution in [0, 0.1) is 19.8 Å². The smallest absolute Gasteiger partial charge is 0.156 e.